The van der Waals surface area contributed by atoms with Crippen molar-refractivity contribution in [3.8, 4) is 0 Å². The molecule has 3 aromatic carbocycles. The summed E-state index contributed by atoms with van der Waals surface area (Å²) in [7, 11) is -15.2. The van der Waals surface area contributed by atoms with Crippen molar-refractivity contribution in [3.63, 3.8) is 0 Å². The maximum Gasteiger partial charge on any atom is 1.00 e. The van der Waals surface area contributed by atoms with Gasteiger partial charge in [0.15, 0.2) is 0 Å². The third kappa shape index (κ3) is 7.79. The molecule has 0 fully saturated rings. The second kappa shape index (κ2) is 8.35. The smallest absolute Gasteiger partial charge is 1.00 e. The van der Waals surface area contributed by atoms with E-state index >= 15 is 0 Å². The third-order valence-corrected chi connectivity index (χ3v) is 8.03. The fourth-order valence-electron chi connectivity index (χ4n) is 2.72. The molecule has 0 aliphatic carbocycles. The Morgan fingerprint density at radius 2 is 0.938 bits per heavy atom. The molecule has 0 amide bonds. The average molecular weight is 520 g/mol. The van der Waals surface area contributed by atoms with Crippen LogP contribution in [0, 0.1) is 0 Å². The van der Waals surface area contributed by atoms with Crippen LogP contribution in [0.4, 0.5) is 25.2 Å². The second-order valence-corrected chi connectivity index (χ2v) is 12.5. The van der Waals surface area contributed by atoms with Crippen LogP contribution in [0.1, 0.15) is 1.43 Å². The van der Waals surface area contributed by atoms with Gasteiger partial charge in [-0.25, -0.2) is 0 Å². The molecule has 178 valence electrons. The van der Waals surface area contributed by atoms with Gasteiger partial charge in [0, 0.05) is 21.8 Å². The van der Waals surface area contributed by atoms with Gasteiger partial charge in [0.25, 0.3) is 10.1 Å². The zero-order chi connectivity index (χ0) is 24.3. The van der Waals surface area contributed by atoms with Gasteiger partial charge in [-0.2, -0.15) is 8.42 Å². The molecule has 13 heteroatoms. The van der Waals surface area contributed by atoms with E-state index in [0.717, 1.165) is 14.7 Å². The van der Waals surface area contributed by atoms with Crippen molar-refractivity contribution in [2.24, 2.45) is 0 Å². The Morgan fingerprint density at radius 1 is 0.656 bits per heavy atom. The molecule has 1 N–H and O–H groups in total. The van der Waals surface area contributed by atoms with E-state index < -0.39 is 28.2 Å². The molecule has 3 aromatic rings. The van der Waals surface area contributed by atoms with E-state index in [0.29, 0.717) is 0 Å². The molecule has 32 heavy (non-hydrogen) atoms. The summed E-state index contributed by atoms with van der Waals surface area (Å²) < 4.78 is 97.2. The zero-order valence-electron chi connectivity index (χ0n) is 17.3. The summed E-state index contributed by atoms with van der Waals surface area (Å²) in [6.45, 7) is 0. The molecule has 0 aliphatic heterocycles. The molecule has 0 atom stereocenters. The summed E-state index contributed by atoms with van der Waals surface area (Å²) in [5.74, 6) is 0. The maximum absolute atomic E-state index is 11.3. The number of hydrogen-bond donors (Lipinski definition) is 1. The molecule has 0 aromatic heterocycles. The zero-order valence-corrected chi connectivity index (χ0v) is 18.8. The van der Waals surface area contributed by atoms with Crippen molar-refractivity contribution >= 4 is 28.2 Å². The van der Waals surface area contributed by atoms with E-state index in [4.69, 9.17) is 4.18 Å². The third-order valence-electron chi connectivity index (χ3n) is 3.85. The molecule has 3 rings (SSSR count). The first-order valence-electron chi connectivity index (χ1n) is 8.56. The largest absolute Gasteiger partial charge is 1.00 e. The number of rotatable bonds is 5. The number of benzene rings is 3. The molecule has 0 radical (unpaired) electrons. The molecular weight excluding hydrogens is 501 g/mol. The van der Waals surface area contributed by atoms with Crippen LogP contribution < -0.4 is 0 Å². The Kier molecular flexibility index (Phi) is 6.82. The molecule has 0 spiro atoms. The molecule has 0 saturated heterocycles. The molecule has 4 nitrogen and oxygen atoms in total. The predicted octanol–water partition coefficient (Wildman–Crippen LogP) is 8.27. The van der Waals surface area contributed by atoms with E-state index in [-0.39, 0.29) is 6.32 Å². The average Bonchev–Trinajstić information content (AvgIpc) is 2.68. The maximum atomic E-state index is 11.3. The summed E-state index contributed by atoms with van der Waals surface area (Å²) in [6.07, 6.45) is 0. The van der Waals surface area contributed by atoms with E-state index in [1.807, 2.05) is 60.7 Å². The SMILES string of the molecule is COS(c1ccccc1)(c1ccccc1)c1ccc(S(=O)(=O)O)cc1.F[P-](F)(F)(F)(F)F.[H+]. The van der Waals surface area contributed by atoms with Crippen molar-refractivity contribution in [3.05, 3.63) is 84.9 Å². The van der Waals surface area contributed by atoms with E-state index in [1.165, 1.54) is 12.1 Å². The Bertz CT molecular complexity index is 1110. The van der Waals surface area contributed by atoms with Gasteiger partial charge in [0.05, 0.1) is 4.90 Å². The van der Waals surface area contributed by atoms with Crippen molar-refractivity contribution in [2.75, 3.05) is 7.11 Å². The minimum atomic E-state index is -10.7. The van der Waals surface area contributed by atoms with E-state index in [1.54, 1.807) is 19.2 Å². The van der Waals surface area contributed by atoms with Crippen LogP contribution in [-0.2, 0) is 14.3 Å². The Balaban J connectivity index is 0.000000595. The van der Waals surface area contributed by atoms with Gasteiger partial charge < -0.3 is 4.18 Å². The van der Waals surface area contributed by atoms with Crippen LogP contribution in [0.15, 0.2) is 105 Å². The first-order valence-corrected chi connectivity index (χ1v) is 13.6. The Labute approximate surface area is 183 Å². The van der Waals surface area contributed by atoms with Crippen molar-refractivity contribution in [1.29, 1.82) is 0 Å². The van der Waals surface area contributed by atoms with Crippen LogP contribution in [0.3, 0.4) is 0 Å². The van der Waals surface area contributed by atoms with Crippen LogP contribution in [0.5, 0.6) is 0 Å². The summed E-state index contributed by atoms with van der Waals surface area (Å²) in [5, 5.41) is 0. The van der Waals surface area contributed by atoms with E-state index in [9.17, 15) is 38.2 Å². The summed E-state index contributed by atoms with van der Waals surface area (Å²) in [6, 6.07) is 25.9. The summed E-state index contributed by atoms with van der Waals surface area (Å²) in [4.78, 5) is 2.72. The number of halogens is 6. The Morgan fingerprint density at radius 3 is 1.22 bits per heavy atom. The van der Waals surface area contributed by atoms with Crippen molar-refractivity contribution in [1.82, 2.24) is 0 Å². The van der Waals surface area contributed by atoms with Crippen LogP contribution >= 0.6 is 18.1 Å². The molecule has 0 bridgehead atoms. The quantitative estimate of drug-likeness (QED) is 0.209. The van der Waals surface area contributed by atoms with Gasteiger partial charge in [-0.05, 0) is 48.5 Å². The van der Waals surface area contributed by atoms with Gasteiger partial charge >= 0.3 is 34.4 Å². The van der Waals surface area contributed by atoms with Gasteiger partial charge in [-0.15, -0.1) is 0 Å². The Hall–Kier alpha value is -2.11. The molecule has 0 heterocycles. The van der Waals surface area contributed by atoms with Crippen molar-refractivity contribution < 1.29 is 43.8 Å². The van der Waals surface area contributed by atoms with Crippen molar-refractivity contribution in [2.45, 2.75) is 19.6 Å². The first kappa shape index (κ1) is 26.1. The normalized spacial score (nSPS) is 15.0. The minimum Gasteiger partial charge on any atom is 1.00 e. The molecular formula is C19H19F6O4PS2. The summed E-state index contributed by atoms with van der Waals surface area (Å²) in [5.41, 5.74) is 0. The summed E-state index contributed by atoms with van der Waals surface area (Å²) >= 11 is 0. The number of hydrogen-bond acceptors (Lipinski definition) is 3. The monoisotopic (exact) mass is 520 g/mol. The standard InChI is InChI=1S/C19H18O4S2.F6P/c1-23-24(16-8-4-2-5-9-16,17-10-6-3-7-11-17)18-12-14-19(15-13-18)25(20,21)22;1-7(2,3,4,5)6/h2-15H,1H3,(H,20,21,22);/q;-1/p+1. The van der Waals surface area contributed by atoms with Crippen LogP contribution in [-0.4, -0.2) is 20.1 Å². The first-order chi connectivity index (χ1) is 14.4. The van der Waals surface area contributed by atoms with E-state index in [2.05, 4.69) is 0 Å². The van der Waals surface area contributed by atoms with Gasteiger partial charge in [-0.3, -0.25) is 4.55 Å². The van der Waals surface area contributed by atoms with Gasteiger partial charge in [0.1, 0.15) is 0 Å². The molecule has 0 aliphatic rings. The fourth-order valence-corrected chi connectivity index (χ4v) is 6.20. The van der Waals surface area contributed by atoms with Gasteiger partial charge in [0.2, 0.25) is 0 Å². The van der Waals surface area contributed by atoms with Crippen LogP contribution in [0.25, 0.3) is 0 Å². The van der Waals surface area contributed by atoms with Crippen LogP contribution in [0.2, 0.25) is 0 Å². The van der Waals surface area contributed by atoms with Gasteiger partial charge in [-0.1, -0.05) is 46.7 Å². The second-order valence-electron chi connectivity index (χ2n) is 6.25. The predicted molar refractivity (Wildman–Crippen MR) is 113 cm³/mol. The molecule has 0 unspecified atom stereocenters. The fraction of sp³-hybridized carbons (Fsp3) is 0.0526. The minimum absolute atomic E-state index is 0. The topological polar surface area (TPSA) is 63.6 Å². The molecule has 0 saturated carbocycles.